The summed E-state index contributed by atoms with van der Waals surface area (Å²) < 4.78 is 5.66. The van der Waals surface area contributed by atoms with Crippen molar-refractivity contribution in [2.75, 3.05) is 18.6 Å². The number of aliphatic hydroxyl groups excluding tert-OH is 1. The van der Waals surface area contributed by atoms with Crippen molar-refractivity contribution in [3.8, 4) is 16.3 Å². The van der Waals surface area contributed by atoms with Crippen molar-refractivity contribution in [2.24, 2.45) is 0 Å². The fourth-order valence-electron chi connectivity index (χ4n) is 4.32. The molecule has 3 heterocycles. The van der Waals surface area contributed by atoms with Gasteiger partial charge in [0.05, 0.1) is 25.5 Å². The molecule has 1 aliphatic rings. The second kappa shape index (κ2) is 8.13. The predicted molar refractivity (Wildman–Crippen MR) is 128 cm³/mol. The zero-order valence-electron chi connectivity index (χ0n) is 18.6. The van der Waals surface area contributed by atoms with Gasteiger partial charge in [0.2, 0.25) is 0 Å². The average molecular weight is 461 g/mol. The second-order valence-corrected chi connectivity index (χ2v) is 9.50. The van der Waals surface area contributed by atoms with Crippen molar-refractivity contribution < 1.29 is 14.6 Å². The number of hydrogen-bond donors (Lipinski definition) is 2. The van der Waals surface area contributed by atoms with E-state index in [-0.39, 0.29) is 12.5 Å². The minimum atomic E-state index is -0.630. The molecule has 2 aromatic carbocycles. The quantitative estimate of drug-likeness (QED) is 0.440. The zero-order valence-corrected chi connectivity index (χ0v) is 19.4. The lowest BCUT2D eigenvalue weighted by Gasteiger charge is -2.29. The first-order valence-corrected chi connectivity index (χ1v) is 11.5. The summed E-state index contributed by atoms with van der Waals surface area (Å²) in [6.45, 7) is 3.73. The number of hydrogen-bond acceptors (Lipinski definition) is 6. The van der Waals surface area contributed by atoms with Crippen molar-refractivity contribution in [3.63, 3.8) is 0 Å². The Balaban J connectivity index is 1.68. The first-order chi connectivity index (χ1) is 16.0. The minimum Gasteiger partial charge on any atom is -0.496 e. The van der Waals surface area contributed by atoms with E-state index in [0.717, 1.165) is 27.4 Å². The number of aliphatic hydroxyl groups is 1. The molecule has 1 unspecified atom stereocenters. The topological polar surface area (TPSA) is 91.3 Å². The highest BCUT2D eigenvalue weighted by atomic mass is 32.1. The molecule has 2 N–H and O–H groups in total. The van der Waals surface area contributed by atoms with Gasteiger partial charge in [-0.3, -0.25) is 14.8 Å². The largest absolute Gasteiger partial charge is 0.496 e. The molecule has 0 aliphatic carbocycles. The van der Waals surface area contributed by atoms with Crippen LogP contribution in [0.25, 0.3) is 10.6 Å². The van der Waals surface area contributed by atoms with Gasteiger partial charge in [-0.15, -0.1) is 11.3 Å². The maximum Gasteiger partial charge on any atom is 0.277 e. The molecule has 4 aromatic rings. The van der Waals surface area contributed by atoms with Gasteiger partial charge in [0, 0.05) is 39.4 Å². The lowest BCUT2D eigenvalue weighted by Crippen LogP contribution is -2.31. The highest BCUT2D eigenvalue weighted by molar-refractivity contribution is 7.13. The van der Waals surface area contributed by atoms with E-state index in [4.69, 9.17) is 4.74 Å². The van der Waals surface area contributed by atoms with Crippen LogP contribution in [0.5, 0.6) is 5.75 Å². The molecular formula is C25H24N4O3S. The third-order valence-electron chi connectivity index (χ3n) is 6.06. The first-order valence-electron chi connectivity index (χ1n) is 10.6. The van der Waals surface area contributed by atoms with Gasteiger partial charge in [-0.25, -0.2) is 4.98 Å². The number of fused-ring (bicyclic) bond motifs is 1. The number of nitrogens with one attached hydrogen (secondary N) is 1. The van der Waals surface area contributed by atoms with Crippen molar-refractivity contribution in [3.05, 3.63) is 82.6 Å². The second-order valence-electron chi connectivity index (χ2n) is 8.61. The van der Waals surface area contributed by atoms with Crippen molar-refractivity contribution in [1.82, 2.24) is 15.2 Å². The van der Waals surface area contributed by atoms with Crippen molar-refractivity contribution in [2.45, 2.75) is 25.3 Å². The Kier molecular flexibility index (Phi) is 5.26. The molecule has 0 saturated carbocycles. The highest BCUT2D eigenvalue weighted by Crippen LogP contribution is 2.47. The van der Waals surface area contributed by atoms with Crippen LogP contribution in [0.4, 0.5) is 5.69 Å². The molecule has 1 atom stereocenters. The van der Waals surface area contributed by atoms with Crippen LogP contribution in [0, 0.1) is 0 Å². The summed E-state index contributed by atoms with van der Waals surface area (Å²) in [6, 6.07) is 15.1. The molecular weight excluding hydrogens is 436 g/mol. The number of H-pyrrole nitrogens is 1. The van der Waals surface area contributed by atoms with Gasteiger partial charge in [-0.1, -0.05) is 32.0 Å². The molecule has 0 bridgehead atoms. The van der Waals surface area contributed by atoms with E-state index in [2.05, 4.69) is 15.2 Å². The van der Waals surface area contributed by atoms with Crippen LogP contribution in [0.1, 0.15) is 47.2 Å². The van der Waals surface area contributed by atoms with Crippen LogP contribution in [0.3, 0.4) is 0 Å². The van der Waals surface area contributed by atoms with E-state index in [1.165, 1.54) is 0 Å². The molecule has 5 rings (SSSR count). The standard InChI is InChI=1S/C25H24N4O3S/c1-25(2,14-30)22-19-20(27-28-22)24(31)29(21(19)17-6-4-5-7-18(17)32-3)16-10-8-15(9-11-16)23-26-12-13-33-23/h4-13,21,30H,14H2,1-3H3,(H,27,28). The summed E-state index contributed by atoms with van der Waals surface area (Å²) in [7, 11) is 1.62. The van der Waals surface area contributed by atoms with Gasteiger partial charge in [-0.05, 0) is 30.3 Å². The average Bonchev–Trinajstić information content (AvgIpc) is 3.57. The van der Waals surface area contributed by atoms with E-state index >= 15 is 0 Å². The predicted octanol–water partition coefficient (Wildman–Crippen LogP) is 4.56. The summed E-state index contributed by atoms with van der Waals surface area (Å²) in [5, 5.41) is 20.3. The number of anilines is 1. The number of methoxy groups -OCH3 is 1. The number of carbonyl (C=O) groups is 1. The van der Waals surface area contributed by atoms with E-state index in [0.29, 0.717) is 17.1 Å². The number of thiazole rings is 1. The molecule has 168 valence electrons. The molecule has 0 saturated heterocycles. The monoisotopic (exact) mass is 460 g/mol. The number of carbonyl (C=O) groups excluding carboxylic acids is 1. The van der Waals surface area contributed by atoms with Crippen LogP contribution in [-0.2, 0) is 5.41 Å². The van der Waals surface area contributed by atoms with Crippen LogP contribution >= 0.6 is 11.3 Å². The van der Waals surface area contributed by atoms with Crippen LogP contribution in [-0.4, -0.2) is 39.9 Å². The van der Waals surface area contributed by atoms with Crippen molar-refractivity contribution in [1.29, 1.82) is 0 Å². The number of aromatic nitrogens is 3. The fourth-order valence-corrected chi connectivity index (χ4v) is 4.97. The first kappa shape index (κ1) is 21.4. The van der Waals surface area contributed by atoms with E-state index in [1.807, 2.05) is 67.8 Å². The van der Waals surface area contributed by atoms with Crippen LogP contribution in [0.2, 0.25) is 0 Å². The molecule has 33 heavy (non-hydrogen) atoms. The van der Waals surface area contributed by atoms with Crippen molar-refractivity contribution >= 4 is 22.9 Å². The summed E-state index contributed by atoms with van der Waals surface area (Å²) in [5.41, 5.74) is 3.86. The number of nitrogens with zero attached hydrogens (tertiary/aromatic N) is 3. The van der Waals surface area contributed by atoms with Gasteiger partial charge >= 0.3 is 0 Å². The number of amides is 1. The summed E-state index contributed by atoms with van der Waals surface area (Å²) in [5.74, 6) is 0.511. The number of benzene rings is 2. The molecule has 7 nitrogen and oxygen atoms in total. The van der Waals surface area contributed by atoms with E-state index < -0.39 is 11.5 Å². The number of ether oxygens (including phenoxy) is 1. The number of aromatic amines is 1. The Morgan fingerprint density at radius 3 is 2.61 bits per heavy atom. The van der Waals surface area contributed by atoms with Crippen LogP contribution < -0.4 is 9.64 Å². The van der Waals surface area contributed by atoms with Gasteiger partial charge in [0.15, 0.2) is 0 Å². The summed E-state index contributed by atoms with van der Waals surface area (Å²) in [6.07, 6.45) is 1.78. The highest BCUT2D eigenvalue weighted by Gasteiger charge is 2.46. The Bertz CT molecular complexity index is 1300. The third-order valence-corrected chi connectivity index (χ3v) is 6.89. The normalized spacial score (nSPS) is 15.7. The van der Waals surface area contributed by atoms with E-state index in [9.17, 15) is 9.90 Å². The van der Waals surface area contributed by atoms with Gasteiger partial charge in [0.1, 0.15) is 16.5 Å². The third kappa shape index (κ3) is 3.42. The lowest BCUT2D eigenvalue weighted by atomic mass is 9.84. The zero-order chi connectivity index (χ0) is 23.2. The maximum atomic E-state index is 13.7. The Hall–Kier alpha value is -3.49. The minimum absolute atomic E-state index is 0.0976. The molecule has 0 spiro atoms. The summed E-state index contributed by atoms with van der Waals surface area (Å²) in [4.78, 5) is 19.8. The maximum absolute atomic E-state index is 13.7. The molecule has 2 aromatic heterocycles. The van der Waals surface area contributed by atoms with Gasteiger partial charge in [0.25, 0.3) is 5.91 Å². The molecule has 1 amide bonds. The smallest absolute Gasteiger partial charge is 0.277 e. The molecule has 0 radical (unpaired) electrons. The Morgan fingerprint density at radius 2 is 1.94 bits per heavy atom. The summed E-state index contributed by atoms with van der Waals surface area (Å²) >= 11 is 1.57. The van der Waals surface area contributed by atoms with E-state index in [1.54, 1.807) is 29.5 Å². The lowest BCUT2D eigenvalue weighted by molar-refractivity contribution is 0.0988. The van der Waals surface area contributed by atoms with Gasteiger partial charge < -0.3 is 9.84 Å². The Labute approximate surface area is 195 Å². The number of para-hydroxylation sites is 1. The van der Waals surface area contributed by atoms with Crippen LogP contribution in [0.15, 0.2) is 60.1 Å². The van der Waals surface area contributed by atoms with Gasteiger partial charge in [-0.2, -0.15) is 5.10 Å². The fraction of sp³-hybridized carbons (Fsp3) is 0.240. The molecule has 8 heteroatoms. The molecule has 0 fully saturated rings. The SMILES string of the molecule is COc1ccccc1C1c2c(C(C)(C)CO)n[nH]c2C(=O)N1c1ccc(-c2nccs2)cc1. The Morgan fingerprint density at radius 1 is 1.18 bits per heavy atom. The molecule has 1 aliphatic heterocycles. The number of rotatable bonds is 6.